The number of hydrogen-bond acceptors (Lipinski definition) is 5. The number of carbonyl (C=O) groups is 1. The minimum absolute atomic E-state index is 0.0812. The summed E-state index contributed by atoms with van der Waals surface area (Å²) in [4.78, 5) is 29.2. The van der Waals surface area contributed by atoms with E-state index in [1.807, 2.05) is 78.9 Å². The molecule has 39 heavy (non-hydrogen) atoms. The molecular weight excluding hydrogens is 558 g/mol. The van der Waals surface area contributed by atoms with Crippen molar-refractivity contribution < 1.29 is 18.7 Å². The van der Waals surface area contributed by atoms with Crippen LogP contribution in [0.3, 0.4) is 0 Å². The Morgan fingerprint density at radius 3 is 2.28 bits per heavy atom. The number of carbonyl (C=O) groups excluding carboxylic acids is 1. The highest BCUT2D eigenvalue weighted by Crippen LogP contribution is 2.40. The lowest BCUT2D eigenvalue weighted by Crippen LogP contribution is -2.29. The normalized spacial score (nSPS) is 14.5. The van der Waals surface area contributed by atoms with Crippen molar-refractivity contribution in [3.05, 3.63) is 140 Å². The zero-order valence-electron chi connectivity index (χ0n) is 21.1. The van der Waals surface area contributed by atoms with Gasteiger partial charge < -0.3 is 18.8 Å². The van der Waals surface area contributed by atoms with Crippen molar-refractivity contribution in [2.75, 3.05) is 7.11 Å². The van der Waals surface area contributed by atoms with E-state index in [1.54, 1.807) is 30.2 Å². The molecule has 0 fully saturated rings. The number of nitrogens with zero attached hydrogens (tertiary/aromatic N) is 1. The highest BCUT2D eigenvalue weighted by Gasteiger charge is 2.42. The zero-order valence-corrected chi connectivity index (χ0v) is 22.7. The van der Waals surface area contributed by atoms with E-state index >= 15 is 0 Å². The van der Waals surface area contributed by atoms with E-state index in [0.29, 0.717) is 35.4 Å². The third kappa shape index (κ3) is 4.81. The second-order valence-corrected chi connectivity index (χ2v) is 10.3. The van der Waals surface area contributed by atoms with Crippen LogP contribution in [-0.4, -0.2) is 17.9 Å². The summed E-state index contributed by atoms with van der Waals surface area (Å²) in [5.41, 5.74) is 3.28. The lowest BCUT2D eigenvalue weighted by Gasteiger charge is -2.25. The number of rotatable bonds is 7. The highest BCUT2D eigenvalue weighted by atomic mass is 79.9. The molecule has 0 saturated heterocycles. The fraction of sp³-hybridized carbons (Fsp3) is 0.125. The predicted octanol–water partition coefficient (Wildman–Crippen LogP) is 6.89. The molecule has 1 amide bonds. The van der Waals surface area contributed by atoms with Crippen LogP contribution in [0.25, 0.3) is 11.0 Å². The molecule has 194 valence electrons. The molecule has 1 aromatic heterocycles. The number of methoxy groups -OCH3 is 1. The summed E-state index contributed by atoms with van der Waals surface area (Å²) in [6, 6.07) is 29.6. The van der Waals surface area contributed by atoms with Crippen molar-refractivity contribution in [1.82, 2.24) is 4.90 Å². The van der Waals surface area contributed by atoms with Crippen LogP contribution < -0.4 is 14.9 Å². The summed E-state index contributed by atoms with van der Waals surface area (Å²) in [6.07, 6.45) is 0. The maximum atomic E-state index is 13.8. The first-order chi connectivity index (χ1) is 19.0. The molecule has 1 aliphatic heterocycles. The lowest BCUT2D eigenvalue weighted by molar-refractivity contribution is 0.0714. The van der Waals surface area contributed by atoms with Gasteiger partial charge in [-0.15, -0.1) is 0 Å². The number of ether oxygens (including phenoxy) is 2. The van der Waals surface area contributed by atoms with Crippen LogP contribution in [-0.2, 0) is 13.2 Å². The topological polar surface area (TPSA) is 69.0 Å². The van der Waals surface area contributed by atoms with E-state index in [-0.39, 0.29) is 17.1 Å². The van der Waals surface area contributed by atoms with Gasteiger partial charge in [-0.05, 0) is 59.2 Å². The first kappa shape index (κ1) is 24.9. The van der Waals surface area contributed by atoms with Crippen molar-refractivity contribution >= 4 is 32.8 Å². The largest absolute Gasteiger partial charge is 0.497 e. The molecule has 7 heteroatoms. The van der Waals surface area contributed by atoms with Crippen molar-refractivity contribution in [2.24, 2.45) is 0 Å². The Labute approximate surface area is 233 Å². The zero-order chi connectivity index (χ0) is 26.9. The Kier molecular flexibility index (Phi) is 6.67. The molecule has 0 saturated carbocycles. The van der Waals surface area contributed by atoms with E-state index in [4.69, 9.17) is 13.9 Å². The number of benzene rings is 4. The molecule has 1 atom stereocenters. The van der Waals surface area contributed by atoms with Gasteiger partial charge in [-0.25, -0.2) is 0 Å². The third-order valence-electron chi connectivity index (χ3n) is 6.88. The van der Waals surface area contributed by atoms with Gasteiger partial charge in [0.2, 0.25) is 5.76 Å². The van der Waals surface area contributed by atoms with E-state index in [0.717, 1.165) is 26.9 Å². The standard InChI is InChI=1S/C32H24BrNO5/c1-37-24-12-7-20(8-13-24)18-34-29(22-9-14-25(15-10-22)38-19-21-5-3-2-4-6-21)28-30(35)26-17-23(33)11-16-27(26)39-31(28)32(34)36/h2-17,29H,18-19H2,1H3. The SMILES string of the molecule is COc1ccc(CN2C(=O)c3oc4ccc(Br)cc4c(=O)c3C2c2ccc(OCc3ccccc3)cc2)cc1. The molecule has 0 spiro atoms. The lowest BCUT2D eigenvalue weighted by atomic mass is 9.98. The fourth-order valence-electron chi connectivity index (χ4n) is 4.92. The third-order valence-corrected chi connectivity index (χ3v) is 7.38. The Bertz CT molecular complexity index is 1710. The van der Waals surface area contributed by atoms with Crippen LogP contribution in [0.5, 0.6) is 11.5 Å². The van der Waals surface area contributed by atoms with E-state index < -0.39 is 6.04 Å². The Morgan fingerprint density at radius 1 is 0.846 bits per heavy atom. The molecule has 1 unspecified atom stereocenters. The molecular formula is C32H24BrNO5. The van der Waals surface area contributed by atoms with E-state index in [9.17, 15) is 9.59 Å². The molecule has 0 aliphatic carbocycles. The molecule has 5 aromatic rings. The monoisotopic (exact) mass is 581 g/mol. The quantitative estimate of drug-likeness (QED) is 0.209. The van der Waals surface area contributed by atoms with Crippen LogP contribution in [0.2, 0.25) is 0 Å². The molecule has 6 rings (SSSR count). The van der Waals surface area contributed by atoms with Gasteiger partial charge in [0, 0.05) is 11.0 Å². The van der Waals surface area contributed by atoms with E-state index in [1.165, 1.54) is 0 Å². The molecule has 0 bridgehead atoms. The van der Waals surface area contributed by atoms with Crippen LogP contribution in [0.4, 0.5) is 0 Å². The average molecular weight is 582 g/mol. The first-order valence-corrected chi connectivity index (χ1v) is 13.3. The summed E-state index contributed by atoms with van der Waals surface area (Å²) >= 11 is 3.44. The van der Waals surface area contributed by atoms with Gasteiger partial charge in [-0.1, -0.05) is 70.5 Å². The Hall–Kier alpha value is -4.36. The Balaban J connectivity index is 1.39. The van der Waals surface area contributed by atoms with Gasteiger partial charge in [-0.2, -0.15) is 0 Å². The number of amides is 1. The van der Waals surface area contributed by atoms with Gasteiger partial charge in [0.15, 0.2) is 5.43 Å². The molecule has 6 nitrogen and oxygen atoms in total. The Morgan fingerprint density at radius 2 is 1.56 bits per heavy atom. The second-order valence-electron chi connectivity index (χ2n) is 9.34. The fourth-order valence-corrected chi connectivity index (χ4v) is 5.28. The molecule has 0 N–H and O–H groups in total. The number of halogens is 1. The van der Waals surface area contributed by atoms with Crippen molar-refractivity contribution in [1.29, 1.82) is 0 Å². The summed E-state index contributed by atoms with van der Waals surface area (Å²) in [5, 5.41) is 0.426. The smallest absolute Gasteiger partial charge is 0.291 e. The van der Waals surface area contributed by atoms with Crippen LogP contribution in [0, 0.1) is 0 Å². The van der Waals surface area contributed by atoms with Gasteiger partial charge in [0.1, 0.15) is 23.7 Å². The van der Waals surface area contributed by atoms with Crippen LogP contribution in [0.15, 0.2) is 111 Å². The summed E-state index contributed by atoms with van der Waals surface area (Å²) in [6.45, 7) is 0.739. The second kappa shape index (κ2) is 10.4. The highest BCUT2D eigenvalue weighted by molar-refractivity contribution is 9.10. The number of fused-ring (bicyclic) bond motifs is 2. The molecule has 2 heterocycles. The average Bonchev–Trinajstić information content (AvgIpc) is 3.24. The minimum Gasteiger partial charge on any atom is -0.497 e. The molecule has 1 aliphatic rings. The van der Waals surface area contributed by atoms with Crippen molar-refractivity contribution in [3.63, 3.8) is 0 Å². The van der Waals surface area contributed by atoms with Gasteiger partial charge >= 0.3 is 0 Å². The van der Waals surface area contributed by atoms with Gasteiger partial charge in [0.05, 0.1) is 24.1 Å². The summed E-state index contributed by atoms with van der Waals surface area (Å²) < 4.78 is 18.1. The van der Waals surface area contributed by atoms with Crippen molar-refractivity contribution in [2.45, 2.75) is 19.2 Å². The maximum Gasteiger partial charge on any atom is 0.291 e. The predicted molar refractivity (Wildman–Crippen MR) is 152 cm³/mol. The number of hydrogen-bond donors (Lipinski definition) is 0. The molecule has 0 radical (unpaired) electrons. The van der Waals surface area contributed by atoms with Crippen LogP contribution in [0.1, 0.15) is 38.9 Å². The van der Waals surface area contributed by atoms with Crippen molar-refractivity contribution in [3.8, 4) is 11.5 Å². The molecule has 4 aromatic carbocycles. The summed E-state index contributed by atoms with van der Waals surface area (Å²) in [7, 11) is 1.61. The van der Waals surface area contributed by atoms with Crippen LogP contribution >= 0.6 is 15.9 Å². The van der Waals surface area contributed by atoms with Gasteiger partial charge in [-0.3, -0.25) is 9.59 Å². The first-order valence-electron chi connectivity index (χ1n) is 12.5. The summed E-state index contributed by atoms with van der Waals surface area (Å²) in [5.74, 6) is 1.18. The van der Waals surface area contributed by atoms with Gasteiger partial charge in [0.25, 0.3) is 5.91 Å². The minimum atomic E-state index is -0.614. The maximum absolute atomic E-state index is 13.8. The van der Waals surface area contributed by atoms with E-state index in [2.05, 4.69) is 15.9 Å².